The van der Waals surface area contributed by atoms with Crippen LogP contribution in [-0.2, 0) is 9.53 Å². The molecule has 1 aliphatic rings. The number of esters is 1. The molecule has 1 fully saturated rings. The molecule has 0 aromatic rings. The molecule has 3 nitrogen and oxygen atoms in total. The highest BCUT2D eigenvalue weighted by Gasteiger charge is 2.25. The van der Waals surface area contributed by atoms with Crippen LogP contribution in [0, 0.1) is 11.8 Å². The lowest BCUT2D eigenvalue weighted by molar-refractivity contribution is -0.143. The molecule has 1 unspecified atom stereocenters. The van der Waals surface area contributed by atoms with E-state index in [9.17, 15) is 4.79 Å². The molecule has 0 aromatic heterocycles. The Labute approximate surface area is 86.2 Å². The summed E-state index contributed by atoms with van der Waals surface area (Å²) in [5.41, 5.74) is 0. The molecule has 1 atom stereocenters. The van der Waals surface area contributed by atoms with E-state index in [0.717, 1.165) is 18.9 Å². The summed E-state index contributed by atoms with van der Waals surface area (Å²) in [6, 6.07) is -0.111. The highest BCUT2D eigenvalue weighted by molar-refractivity contribution is 5.75. The minimum absolute atomic E-state index is 0.111. The van der Waals surface area contributed by atoms with Crippen LogP contribution >= 0.6 is 0 Å². The summed E-state index contributed by atoms with van der Waals surface area (Å²) in [4.78, 5) is 11.4. The normalized spacial score (nSPS) is 18.3. The minimum Gasteiger partial charge on any atom is -0.468 e. The van der Waals surface area contributed by atoms with Crippen molar-refractivity contribution >= 4 is 5.97 Å². The summed E-state index contributed by atoms with van der Waals surface area (Å²) in [5, 5.41) is 3.29. The van der Waals surface area contributed by atoms with Gasteiger partial charge in [0.1, 0.15) is 6.04 Å². The second kappa shape index (κ2) is 5.35. The molecule has 0 radical (unpaired) electrons. The van der Waals surface area contributed by atoms with Crippen LogP contribution in [0.15, 0.2) is 0 Å². The first-order valence-electron chi connectivity index (χ1n) is 5.44. The zero-order valence-electron chi connectivity index (χ0n) is 9.38. The first kappa shape index (κ1) is 11.5. The number of rotatable bonds is 6. The van der Waals surface area contributed by atoms with Gasteiger partial charge in [-0.05, 0) is 37.6 Å². The Morgan fingerprint density at radius 2 is 2.14 bits per heavy atom. The highest BCUT2D eigenvalue weighted by atomic mass is 16.5. The van der Waals surface area contributed by atoms with Crippen LogP contribution in [0.25, 0.3) is 0 Å². The molecule has 0 aromatic carbocycles. The van der Waals surface area contributed by atoms with Gasteiger partial charge in [-0.3, -0.25) is 4.79 Å². The molecule has 1 saturated carbocycles. The third-order valence-electron chi connectivity index (χ3n) is 2.54. The molecular weight excluding hydrogens is 178 g/mol. The van der Waals surface area contributed by atoms with Gasteiger partial charge < -0.3 is 10.1 Å². The molecule has 0 aliphatic heterocycles. The van der Waals surface area contributed by atoms with Gasteiger partial charge in [-0.1, -0.05) is 13.8 Å². The van der Waals surface area contributed by atoms with Crippen LogP contribution in [0.5, 0.6) is 0 Å². The van der Waals surface area contributed by atoms with Crippen LogP contribution in [0.3, 0.4) is 0 Å². The van der Waals surface area contributed by atoms with E-state index in [1.165, 1.54) is 20.0 Å². The monoisotopic (exact) mass is 199 g/mol. The molecule has 0 amide bonds. The van der Waals surface area contributed by atoms with Gasteiger partial charge in [-0.2, -0.15) is 0 Å². The molecular formula is C11H21NO2. The van der Waals surface area contributed by atoms with Crippen molar-refractivity contribution < 1.29 is 9.53 Å². The topological polar surface area (TPSA) is 38.3 Å². The zero-order chi connectivity index (χ0) is 10.6. The zero-order valence-corrected chi connectivity index (χ0v) is 9.38. The summed E-state index contributed by atoms with van der Waals surface area (Å²) in [6.45, 7) is 5.20. The fraction of sp³-hybridized carbons (Fsp3) is 0.909. The van der Waals surface area contributed by atoms with E-state index in [4.69, 9.17) is 4.74 Å². The maximum atomic E-state index is 11.4. The quantitative estimate of drug-likeness (QED) is 0.660. The van der Waals surface area contributed by atoms with E-state index in [0.29, 0.717) is 5.92 Å². The fourth-order valence-electron chi connectivity index (χ4n) is 1.51. The Hall–Kier alpha value is -0.570. The predicted octanol–water partition coefficient (Wildman–Crippen LogP) is 1.57. The summed E-state index contributed by atoms with van der Waals surface area (Å²) in [5.74, 6) is 1.19. The smallest absolute Gasteiger partial charge is 0.322 e. The first-order valence-corrected chi connectivity index (χ1v) is 5.44. The summed E-state index contributed by atoms with van der Waals surface area (Å²) < 4.78 is 4.76. The lowest BCUT2D eigenvalue weighted by Crippen LogP contribution is -2.39. The van der Waals surface area contributed by atoms with Crippen molar-refractivity contribution in [1.29, 1.82) is 0 Å². The first-order chi connectivity index (χ1) is 6.63. The predicted molar refractivity (Wildman–Crippen MR) is 56.0 cm³/mol. The van der Waals surface area contributed by atoms with Gasteiger partial charge >= 0.3 is 5.97 Å². The van der Waals surface area contributed by atoms with E-state index in [1.54, 1.807) is 0 Å². The standard InChI is InChI=1S/C11H21NO2/c1-8(2)6-10(11(13)14-3)12-7-9-4-5-9/h8-10,12H,4-7H2,1-3H3. The number of hydrogen-bond acceptors (Lipinski definition) is 3. The molecule has 1 aliphatic carbocycles. The molecule has 0 spiro atoms. The summed E-state index contributed by atoms with van der Waals surface area (Å²) >= 11 is 0. The van der Waals surface area contributed by atoms with Crippen molar-refractivity contribution in [2.24, 2.45) is 11.8 Å². The molecule has 14 heavy (non-hydrogen) atoms. The van der Waals surface area contributed by atoms with Gasteiger partial charge in [0.15, 0.2) is 0 Å². The van der Waals surface area contributed by atoms with Crippen molar-refractivity contribution in [2.45, 2.75) is 39.2 Å². The molecule has 0 bridgehead atoms. The van der Waals surface area contributed by atoms with Gasteiger partial charge in [0, 0.05) is 0 Å². The lowest BCUT2D eigenvalue weighted by atomic mass is 10.0. The van der Waals surface area contributed by atoms with E-state index in [-0.39, 0.29) is 12.0 Å². The molecule has 82 valence electrons. The maximum Gasteiger partial charge on any atom is 0.322 e. The third kappa shape index (κ3) is 4.09. The Bertz CT molecular complexity index is 188. The molecule has 1 rings (SSSR count). The van der Waals surface area contributed by atoms with Gasteiger partial charge in [0.2, 0.25) is 0 Å². The van der Waals surface area contributed by atoms with E-state index >= 15 is 0 Å². The largest absolute Gasteiger partial charge is 0.468 e. The lowest BCUT2D eigenvalue weighted by Gasteiger charge is -2.17. The fourth-order valence-corrected chi connectivity index (χ4v) is 1.51. The van der Waals surface area contributed by atoms with Crippen molar-refractivity contribution in [1.82, 2.24) is 5.32 Å². The molecule has 0 heterocycles. The number of methoxy groups -OCH3 is 1. The molecule has 0 saturated heterocycles. The molecule has 3 heteroatoms. The molecule has 1 N–H and O–H groups in total. The second-order valence-electron chi connectivity index (χ2n) is 4.56. The van der Waals surface area contributed by atoms with Crippen LogP contribution in [0.2, 0.25) is 0 Å². The number of carbonyl (C=O) groups is 1. The van der Waals surface area contributed by atoms with Crippen molar-refractivity contribution in [3.63, 3.8) is 0 Å². The minimum atomic E-state index is -0.126. The highest BCUT2D eigenvalue weighted by Crippen LogP contribution is 2.27. The van der Waals surface area contributed by atoms with E-state index in [2.05, 4.69) is 19.2 Å². The SMILES string of the molecule is COC(=O)C(CC(C)C)NCC1CC1. The number of carbonyl (C=O) groups excluding carboxylic acids is 1. The summed E-state index contributed by atoms with van der Waals surface area (Å²) in [7, 11) is 1.45. The maximum absolute atomic E-state index is 11.4. The number of ether oxygens (including phenoxy) is 1. The Morgan fingerprint density at radius 3 is 2.57 bits per heavy atom. The van der Waals surface area contributed by atoms with E-state index in [1.807, 2.05) is 0 Å². The van der Waals surface area contributed by atoms with Gasteiger partial charge in [0.25, 0.3) is 0 Å². The number of nitrogens with one attached hydrogen (secondary N) is 1. The average molecular weight is 199 g/mol. The van der Waals surface area contributed by atoms with Crippen LogP contribution in [-0.4, -0.2) is 25.7 Å². The average Bonchev–Trinajstić information content (AvgIpc) is 2.93. The van der Waals surface area contributed by atoms with Crippen LogP contribution in [0.1, 0.15) is 33.1 Å². The van der Waals surface area contributed by atoms with Crippen molar-refractivity contribution in [3.8, 4) is 0 Å². The number of hydrogen-bond donors (Lipinski definition) is 1. The van der Waals surface area contributed by atoms with E-state index < -0.39 is 0 Å². The van der Waals surface area contributed by atoms with Crippen molar-refractivity contribution in [2.75, 3.05) is 13.7 Å². The van der Waals surface area contributed by atoms with Crippen molar-refractivity contribution in [3.05, 3.63) is 0 Å². The Morgan fingerprint density at radius 1 is 1.50 bits per heavy atom. The van der Waals surface area contributed by atoms with Gasteiger partial charge in [0.05, 0.1) is 7.11 Å². The van der Waals surface area contributed by atoms with Gasteiger partial charge in [-0.25, -0.2) is 0 Å². The van der Waals surface area contributed by atoms with Crippen LogP contribution < -0.4 is 5.32 Å². The Kier molecular flexibility index (Phi) is 4.39. The Balaban J connectivity index is 2.29. The van der Waals surface area contributed by atoms with Gasteiger partial charge in [-0.15, -0.1) is 0 Å². The van der Waals surface area contributed by atoms with Crippen LogP contribution in [0.4, 0.5) is 0 Å². The summed E-state index contributed by atoms with van der Waals surface area (Å²) in [6.07, 6.45) is 3.48. The second-order valence-corrected chi connectivity index (χ2v) is 4.56. The third-order valence-corrected chi connectivity index (χ3v) is 2.54.